The lowest BCUT2D eigenvalue weighted by Crippen LogP contribution is -2.44. The molecule has 0 amide bonds. The van der Waals surface area contributed by atoms with Crippen LogP contribution in [-0.2, 0) is 4.79 Å². The van der Waals surface area contributed by atoms with E-state index in [0.717, 1.165) is 0 Å². The Morgan fingerprint density at radius 3 is 2.47 bits per heavy atom. The van der Waals surface area contributed by atoms with E-state index in [0.29, 0.717) is 12.5 Å². The van der Waals surface area contributed by atoms with Crippen molar-refractivity contribution >= 4 is 21.7 Å². The van der Waals surface area contributed by atoms with E-state index in [1.54, 1.807) is 0 Å². The first-order chi connectivity index (χ1) is 6.87. The average Bonchev–Trinajstić information content (AvgIpc) is 2.23. The van der Waals surface area contributed by atoms with Gasteiger partial charge in [-0.05, 0) is 12.8 Å². The molecule has 0 aromatic rings. The van der Waals surface area contributed by atoms with Gasteiger partial charge in [0, 0.05) is 0 Å². The molecule has 2 unspecified atom stereocenters. The highest BCUT2D eigenvalue weighted by molar-refractivity contribution is 9.10. The van der Waals surface area contributed by atoms with Crippen LogP contribution in [0.1, 0.15) is 12.8 Å². The third-order valence-electron chi connectivity index (χ3n) is 1.83. The van der Waals surface area contributed by atoms with Crippen molar-refractivity contribution in [2.24, 2.45) is 0 Å². The lowest BCUT2D eigenvalue weighted by atomic mass is 10.0. The molecule has 0 radical (unpaired) electrons. The molecule has 2 nitrogen and oxygen atoms in total. The Balaban J connectivity index is 4.53. The van der Waals surface area contributed by atoms with Crippen molar-refractivity contribution in [2.45, 2.75) is 29.7 Å². The van der Waals surface area contributed by atoms with Crippen LogP contribution in [0.25, 0.3) is 0 Å². The third-order valence-corrected chi connectivity index (χ3v) is 2.71. The Morgan fingerprint density at radius 2 is 2.07 bits per heavy atom. The molecule has 5 heteroatoms. The Labute approximate surface area is 95.8 Å². The first kappa shape index (κ1) is 14.5. The summed E-state index contributed by atoms with van der Waals surface area (Å²) in [6.45, 7) is 6.44. The smallest absolute Gasteiger partial charge is 0.335 e. The molecule has 0 aromatic heterocycles. The second-order valence-corrected chi connectivity index (χ2v) is 4.11. The lowest BCUT2D eigenvalue weighted by Gasteiger charge is -2.20. The molecule has 0 saturated heterocycles. The summed E-state index contributed by atoms with van der Waals surface area (Å²) in [5.41, 5.74) is 0. The first-order valence-electron chi connectivity index (χ1n) is 4.35. The number of carbonyl (C=O) groups is 1. The second kappa shape index (κ2) is 6.12. The molecule has 0 aliphatic rings. The molecule has 2 atom stereocenters. The highest BCUT2D eigenvalue weighted by atomic mass is 79.9. The van der Waals surface area contributed by atoms with Crippen molar-refractivity contribution in [1.82, 2.24) is 0 Å². The van der Waals surface area contributed by atoms with Gasteiger partial charge in [0.15, 0.2) is 0 Å². The predicted octanol–water partition coefficient (Wildman–Crippen LogP) is 2.47. The standard InChI is InChI=1S/C10H13BrF2O2/c1-3-5-6-7(11)9(15)10(12,13)8(14)4-2/h3-4,7-8,14H,1-2,5-6H2. The van der Waals surface area contributed by atoms with E-state index in [-0.39, 0.29) is 6.42 Å². The highest BCUT2D eigenvalue weighted by Gasteiger charge is 2.47. The lowest BCUT2D eigenvalue weighted by molar-refractivity contribution is -0.154. The molecule has 15 heavy (non-hydrogen) atoms. The summed E-state index contributed by atoms with van der Waals surface area (Å²) in [7, 11) is 0. The number of rotatable bonds is 7. The van der Waals surface area contributed by atoms with Crippen LogP contribution in [0.3, 0.4) is 0 Å². The van der Waals surface area contributed by atoms with Crippen molar-refractivity contribution in [2.75, 3.05) is 0 Å². The Kier molecular flexibility index (Phi) is 5.90. The third kappa shape index (κ3) is 3.83. The SMILES string of the molecule is C=CCCC(Br)C(=O)C(F)(F)C(O)C=C. The van der Waals surface area contributed by atoms with Crippen LogP contribution in [0.2, 0.25) is 0 Å². The maximum atomic E-state index is 13.2. The van der Waals surface area contributed by atoms with Gasteiger partial charge in [0.2, 0.25) is 5.78 Å². The van der Waals surface area contributed by atoms with E-state index in [4.69, 9.17) is 5.11 Å². The number of allylic oxidation sites excluding steroid dienone is 1. The fraction of sp³-hybridized carbons (Fsp3) is 0.500. The van der Waals surface area contributed by atoms with Crippen LogP contribution in [0.5, 0.6) is 0 Å². The number of ketones is 1. The number of hydrogen-bond acceptors (Lipinski definition) is 2. The van der Waals surface area contributed by atoms with E-state index < -0.39 is 22.6 Å². The molecule has 86 valence electrons. The summed E-state index contributed by atoms with van der Waals surface area (Å²) in [4.78, 5) is 10.2. The maximum absolute atomic E-state index is 13.2. The van der Waals surface area contributed by atoms with E-state index in [2.05, 4.69) is 29.1 Å². The summed E-state index contributed by atoms with van der Waals surface area (Å²) in [6, 6.07) is 0. The molecular weight excluding hydrogens is 270 g/mol. The number of carbonyl (C=O) groups excluding carboxylic acids is 1. The van der Waals surface area contributed by atoms with Crippen molar-refractivity contribution < 1.29 is 18.7 Å². The molecule has 0 spiro atoms. The molecule has 0 saturated carbocycles. The summed E-state index contributed by atoms with van der Waals surface area (Å²) in [6.07, 6.45) is 0.701. The van der Waals surface area contributed by atoms with Gasteiger partial charge in [0.05, 0.1) is 4.83 Å². The highest BCUT2D eigenvalue weighted by Crippen LogP contribution is 2.26. The molecule has 0 bridgehead atoms. The molecule has 0 aromatic carbocycles. The average molecular weight is 283 g/mol. The van der Waals surface area contributed by atoms with E-state index in [1.807, 2.05) is 0 Å². The molecular formula is C10H13BrF2O2. The minimum Gasteiger partial charge on any atom is -0.382 e. The van der Waals surface area contributed by atoms with Crippen molar-refractivity contribution in [3.05, 3.63) is 25.3 Å². The molecule has 1 N–H and O–H groups in total. The zero-order valence-electron chi connectivity index (χ0n) is 8.13. The topological polar surface area (TPSA) is 37.3 Å². The molecule has 0 heterocycles. The van der Waals surface area contributed by atoms with Gasteiger partial charge in [-0.25, -0.2) is 0 Å². The van der Waals surface area contributed by atoms with Crippen LogP contribution < -0.4 is 0 Å². The Hall–Kier alpha value is -0.550. The van der Waals surface area contributed by atoms with Crippen molar-refractivity contribution in [3.63, 3.8) is 0 Å². The number of alkyl halides is 3. The largest absolute Gasteiger partial charge is 0.382 e. The van der Waals surface area contributed by atoms with Crippen LogP contribution >= 0.6 is 15.9 Å². The van der Waals surface area contributed by atoms with Crippen molar-refractivity contribution in [3.8, 4) is 0 Å². The van der Waals surface area contributed by atoms with Crippen molar-refractivity contribution in [1.29, 1.82) is 0 Å². The van der Waals surface area contributed by atoms with Gasteiger partial charge < -0.3 is 5.11 Å². The van der Waals surface area contributed by atoms with Crippen LogP contribution in [0.4, 0.5) is 8.78 Å². The molecule has 0 rings (SSSR count). The maximum Gasteiger partial charge on any atom is 0.335 e. The van der Waals surface area contributed by atoms with Gasteiger partial charge >= 0.3 is 5.92 Å². The fourth-order valence-electron chi connectivity index (χ4n) is 0.898. The van der Waals surface area contributed by atoms with Crippen LogP contribution in [-0.4, -0.2) is 27.7 Å². The Morgan fingerprint density at radius 1 is 1.53 bits per heavy atom. The predicted molar refractivity (Wildman–Crippen MR) is 58.3 cm³/mol. The van der Waals surface area contributed by atoms with Gasteiger partial charge in [-0.1, -0.05) is 28.1 Å². The van der Waals surface area contributed by atoms with Crippen LogP contribution in [0, 0.1) is 0 Å². The molecule has 0 aliphatic heterocycles. The van der Waals surface area contributed by atoms with Gasteiger partial charge in [0.1, 0.15) is 6.10 Å². The quantitative estimate of drug-likeness (QED) is 0.575. The van der Waals surface area contributed by atoms with Crippen LogP contribution in [0.15, 0.2) is 25.3 Å². The molecule has 0 fully saturated rings. The monoisotopic (exact) mass is 282 g/mol. The summed E-state index contributed by atoms with van der Waals surface area (Å²) in [5, 5.41) is 8.90. The number of aliphatic hydroxyl groups is 1. The first-order valence-corrected chi connectivity index (χ1v) is 5.27. The van der Waals surface area contributed by atoms with Gasteiger partial charge in [-0.3, -0.25) is 4.79 Å². The minimum absolute atomic E-state index is 0.224. The Bertz CT molecular complexity index is 254. The fourth-order valence-corrected chi connectivity index (χ4v) is 1.47. The summed E-state index contributed by atoms with van der Waals surface area (Å²) in [5.74, 6) is -5.13. The minimum atomic E-state index is -3.79. The number of aliphatic hydroxyl groups excluding tert-OH is 1. The summed E-state index contributed by atoms with van der Waals surface area (Å²) >= 11 is 2.85. The van der Waals surface area contributed by atoms with Gasteiger partial charge in [0.25, 0.3) is 0 Å². The molecule has 0 aliphatic carbocycles. The van der Waals surface area contributed by atoms with Gasteiger partial charge in [-0.2, -0.15) is 8.78 Å². The number of halogens is 3. The zero-order valence-corrected chi connectivity index (χ0v) is 9.71. The van der Waals surface area contributed by atoms with E-state index in [1.165, 1.54) is 6.08 Å². The zero-order chi connectivity index (χ0) is 12.1. The normalized spacial score (nSPS) is 15.5. The number of hydrogen-bond donors (Lipinski definition) is 1. The number of Topliss-reactive ketones (excluding diaryl/α,β-unsaturated/α-hetero) is 1. The second-order valence-electron chi connectivity index (χ2n) is 3.00. The summed E-state index contributed by atoms with van der Waals surface area (Å²) < 4.78 is 26.3. The van der Waals surface area contributed by atoms with E-state index in [9.17, 15) is 13.6 Å². The van der Waals surface area contributed by atoms with E-state index >= 15 is 0 Å². The van der Waals surface area contributed by atoms with Gasteiger partial charge in [-0.15, -0.1) is 13.2 Å².